The number of unbranched alkanes of at least 4 members (excludes halogenated alkanes) is 1. The molecular weight excluding hydrogens is 262 g/mol. The van der Waals surface area contributed by atoms with Crippen molar-refractivity contribution in [3.63, 3.8) is 0 Å². The predicted molar refractivity (Wildman–Crippen MR) is 88.7 cm³/mol. The Morgan fingerprint density at radius 3 is 2.43 bits per heavy atom. The first-order valence-corrected chi connectivity index (χ1v) is 8.24. The molecule has 4 heteroatoms. The Bertz CT molecular complexity index is 439. The maximum Gasteiger partial charge on any atom is 0.0628 e. The first-order valence-electron chi connectivity index (χ1n) is 8.24. The van der Waals surface area contributed by atoms with Crippen molar-refractivity contribution in [2.45, 2.75) is 85.4 Å². The van der Waals surface area contributed by atoms with Crippen molar-refractivity contribution in [3.8, 4) is 0 Å². The fraction of sp³-hybridized carbons (Fsp3) is 0.824. The average Bonchev–Trinajstić information content (AvgIpc) is 2.68. The van der Waals surface area contributed by atoms with Gasteiger partial charge in [0, 0.05) is 23.8 Å². The van der Waals surface area contributed by atoms with Crippen LogP contribution in [0.4, 0.5) is 0 Å². The summed E-state index contributed by atoms with van der Waals surface area (Å²) in [4.78, 5) is 0. The predicted octanol–water partition coefficient (Wildman–Crippen LogP) is 2.98. The molecular formula is C17H33N3O. The van der Waals surface area contributed by atoms with Crippen molar-refractivity contribution in [1.29, 1.82) is 0 Å². The second-order valence-corrected chi connectivity index (χ2v) is 6.70. The minimum absolute atomic E-state index is 0.169. The highest BCUT2D eigenvalue weighted by Crippen LogP contribution is 2.17. The topological polar surface area (TPSA) is 50.1 Å². The van der Waals surface area contributed by atoms with Gasteiger partial charge in [-0.25, -0.2) is 0 Å². The van der Waals surface area contributed by atoms with Gasteiger partial charge in [0.1, 0.15) is 0 Å². The quantitative estimate of drug-likeness (QED) is 0.689. The fourth-order valence-electron chi connectivity index (χ4n) is 3.13. The Hall–Kier alpha value is -0.870. The van der Waals surface area contributed by atoms with Gasteiger partial charge in [0.05, 0.1) is 12.3 Å². The molecule has 0 aliphatic heterocycles. The van der Waals surface area contributed by atoms with Crippen LogP contribution < -0.4 is 5.32 Å². The Morgan fingerprint density at radius 1 is 1.29 bits per heavy atom. The number of aliphatic hydroxyl groups excluding tert-OH is 1. The second-order valence-electron chi connectivity index (χ2n) is 6.70. The highest BCUT2D eigenvalue weighted by Gasteiger charge is 2.23. The Kier molecular flexibility index (Phi) is 6.88. The van der Waals surface area contributed by atoms with E-state index in [2.05, 4.69) is 56.6 Å². The van der Waals surface area contributed by atoms with E-state index in [0.29, 0.717) is 6.04 Å². The zero-order valence-corrected chi connectivity index (χ0v) is 14.7. The lowest BCUT2D eigenvalue weighted by molar-refractivity contribution is 0.153. The molecule has 1 heterocycles. The molecule has 0 bridgehead atoms. The largest absolute Gasteiger partial charge is 0.394 e. The standard InChI is InChI=1S/C17H33N3O/c1-7-16-14(4)19-20(15(16)5)11-9-8-10-17(6,12-21)18-13(2)3/h13,18,21H,7-12H2,1-6H3. The molecule has 1 rings (SSSR count). The summed E-state index contributed by atoms with van der Waals surface area (Å²) in [5.41, 5.74) is 3.69. The molecule has 0 radical (unpaired) electrons. The molecule has 0 spiro atoms. The Labute approximate surface area is 129 Å². The summed E-state index contributed by atoms with van der Waals surface area (Å²) in [5.74, 6) is 0. The summed E-state index contributed by atoms with van der Waals surface area (Å²) in [6, 6.07) is 0.394. The van der Waals surface area contributed by atoms with Crippen LogP contribution in [0.3, 0.4) is 0 Å². The third-order valence-electron chi connectivity index (χ3n) is 4.22. The number of aliphatic hydroxyl groups is 1. The van der Waals surface area contributed by atoms with Gasteiger partial charge >= 0.3 is 0 Å². The molecule has 0 aromatic carbocycles. The lowest BCUT2D eigenvalue weighted by Gasteiger charge is -2.31. The van der Waals surface area contributed by atoms with Gasteiger partial charge in [-0.05, 0) is 52.0 Å². The number of rotatable bonds is 9. The van der Waals surface area contributed by atoms with Crippen LogP contribution in [0.2, 0.25) is 0 Å². The van der Waals surface area contributed by atoms with Crippen molar-refractivity contribution < 1.29 is 5.11 Å². The third kappa shape index (κ3) is 5.11. The number of nitrogens with zero attached hydrogens (tertiary/aromatic N) is 2. The third-order valence-corrected chi connectivity index (χ3v) is 4.22. The van der Waals surface area contributed by atoms with E-state index in [-0.39, 0.29) is 12.1 Å². The van der Waals surface area contributed by atoms with E-state index in [0.717, 1.165) is 37.9 Å². The molecule has 4 nitrogen and oxygen atoms in total. The molecule has 1 aromatic heterocycles. The van der Waals surface area contributed by atoms with E-state index in [9.17, 15) is 5.11 Å². The molecule has 21 heavy (non-hydrogen) atoms. The lowest BCUT2D eigenvalue weighted by Crippen LogP contribution is -2.49. The fourth-order valence-corrected chi connectivity index (χ4v) is 3.13. The zero-order chi connectivity index (χ0) is 16.0. The van der Waals surface area contributed by atoms with Gasteiger partial charge in [-0.2, -0.15) is 5.10 Å². The number of hydrogen-bond donors (Lipinski definition) is 2. The van der Waals surface area contributed by atoms with E-state index in [1.807, 2.05) is 0 Å². The summed E-state index contributed by atoms with van der Waals surface area (Å²) in [6.45, 7) is 13.9. The molecule has 0 aliphatic carbocycles. The highest BCUT2D eigenvalue weighted by atomic mass is 16.3. The van der Waals surface area contributed by atoms with Crippen molar-refractivity contribution in [2.24, 2.45) is 0 Å². The van der Waals surface area contributed by atoms with Gasteiger partial charge in [0.15, 0.2) is 0 Å². The van der Waals surface area contributed by atoms with Crippen LogP contribution in [-0.2, 0) is 13.0 Å². The maximum absolute atomic E-state index is 9.59. The van der Waals surface area contributed by atoms with Crippen molar-refractivity contribution >= 4 is 0 Å². The van der Waals surface area contributed by atoms with Crippen LogP contribution in [0.5, 0.6) is 0 Å². The Balaban J connectivity index is 2.47. The minimum Gasteiger partial charge on any atom is -0.394 e. The minimum atomic E-state index is -0.169. The van der Waals surface area contributed by atoms with Crippen LogP contribution >= 0.6 is 0 Å². The lowest BCUT2D eigenvalue weighted by atomic mass is 9.95. The summed E-state index contributed by atoms with van der Waals surface area (Å²) in [7, 11) is 0. The summed E-state index contributed by atoms with van der Waals surface area (Å²) < 4.78 is 2.14. The van der Waals surface area contributed by atoms with Gasteiger partial charge < -0.3 is 10.4 Å². The van der Waals surface area contributed by atoms with E-state index in [4.69, 9.17) is 0 Å². The van der Waals surface area contributed by atoms with E-state index < -0.39 is 0 Å². The molecule has 1 unspecified atom stereocenters. The molecule has 0 saturated carbocycles. The van der Waals surface area contributed by atoms with E-state index in [1.165, 1.54) is 11.3 Å². The van der Waals surface area contributed by atoms with Gasteiger partial charge in [-0.1, -0.05) is 20.8 Å². The van der Waals surface area contributed by atoms with Gasteiger partial charge in [-0.15, -0.1) is 0 Å². The smallest absolute Gasteiger partial charge is 0.0628 e. The van der Waals surface area contributed by atoms with E-state index >= 15 is 0 Å². The highest BCUT2D eigenvalue weighted by molar-refractivity contribution is 5.24. The monoisotopic (exact) mass is 295 g/mol. The number of hydrogen-bond acceptors (Lipinski definition) is 3. The van der Waals surface area contributed by atoms with Gasteiger partial charge in [-0.3, -0.25) is 4.68 Å². The van der Waals surface area contributed by atoms with Crippen LogP contribution in [0.25, 0.3) is 0 Å². The molecule has 0 amide bonds. The Morgan fingerprint density at radius 2 is 1.95 bits per heavy atom. The summed E-state index contributed by atoms with van der Waals surface area (Å²) in [6.07, 6.45) is 4.23. The first-order chi connectivity index (χ1) is 9.83. The SMILES string of the molecule is CCc1c(C)nn(CCCCC(C)(CO)NC(C)C)c1C. The molecule has 0 fully saturated rings. The molecule has 2 N–H and O–H groups in total. The van der Waals surface area contributed by atoms with Crippen LogP contribution in [0.15, 0.2) is 0 Å². The van der Waals surface area contributed by atoms with Crippen LogP contribution in [-0.4, -0.2) is 33.1 Å². The van der Waals surface area contributed by atoms with Crippen molar-refractivity contribution in [3.05, 3.63) is 17.0 Å². The van der Waals surface area contributed by atoms with E-state index in [1.54, 1.807) is 0 Å². The molecule has 1 aromatic rings. The van der Waals surface area contributed by atoms with Crippen LogP contribution in [0, 0.1) is 13.8 Å². The number of nitrogens with one attached hydrogen (secondary N) is 1. The summed E-state index contributed by atoms with van der Waals surface area (Å²) in [5, 5.41) is 17.7. The number of aryl methyl sites for hydroxylation is 2. The van der Waals surface area contributed by atoms with Crippen molar-refractivity contribution in [2.75, 3.05) is 6.61 Å². The molecule has 122 valence electrons. The molecule has 0 aliphatic rings. The zero-order valence-electron chi connectivity index (χ0n) is 14.7. The average molecular weight is 295 g/mol. The summed E-state index contributed by atoms with van der Waals surface area (Å²) >= 11 is 0. The number of aromatic nitrogens is 2. The van der Waals surface area contributed by atoms with Crippen molar-refractivity contribution in [1.82, 2.24) is 15.1 Å². The first kappa shape index (κ1) is 18.2. The second kappa shape index (κ2) is 7.95. The van der Waals surface area contributed by atoms with Gasteiger partial charge in [0.2, 0.25) is 0 Å². The normalized spacial score (nSPS) is 14.7. The molecule has 0 saturated heterocycles. The van der Waals surface area contributed by atoms with Gasteiger partial charge in [0.25, 0.3) is 0 Å². The van der Waals surface area contributed by atoms with Crippen LogP contribution in [0.1, 0.15) is 63.9 Å². The molecule has 1 atom stereocenters. The maximum atomic E-state index is 9.59.